The van der Waals surface area contributed by atoms with Gasteiger partial charge < -0.3 is 15.7 Å². The van der Waals surface area contributed by atoms with Crippen molar-refractivity contribution < 1.29 is 14.7 Å². The van der Waals surface area contributed by atoms with Crippen LogP contribution in [-0.2, 0) is 5.41 Å². The van der Waals surface area contributed by atoms with Gasteiger partial charge in [-0.25, -0.2) is 4.79 Å². The molecule has 3 aromatic rings. The number of rotatable bonds is 6. The minimum atomic E-state index is -0.248. The highest BCUT2D eigenvalue weighted by Crippen LogP contribution is 2.38. The molecular formula is C30H38N4O3. The third-order valence-electron chi connectivity index (χ3n) is 7.23. The Morgan fingerprint density at radius 1 is 1.08 bits per heavy atom. The number of nitrogens with zero attached hydrogens (tertiary/aromatic N) is 2. The van der Waals surface area contributed by atoms with Gasteiger partial charge >= 0.3 is 6.03 Å². The molecule has 2 amide bonds. The molecule has 1 fully saturated rings. The molecule has 0 aliphatic heterocycles. The Kier molecular flexibility index (Phi) is 7.71. The van der Waals surface area contributed by atoms with Crippen molar-refractivity contribution in [3.8, 4) is 17.0 Å². The first-order valence-corrected chi connectivity index (χ1v) is 13.2. The van der Waals surface area contributed by atoms with E-state index >= 15 is 0 Å². The van der Waals surface area contributed by atoms with Crippen molar-refractivity contribution in [3.05, 3.63) is 65.4 Å². The number of anilines is 1. The number of phenolic OH excluding ortho intramolecular Hbond substituents is 1. The predicted molar refractivity (Wildman–Crippen MR) is 147 cm³/mol. The highest BCUT2D eigenvalue weighted by atomic mass is 16.3. The van der Waals surface area contributed by atoms with Crippen molar-refractivity contribution in [1.82, 2.24) is 15.1 Å². The SMILES string of the molecule is CCC(C)NC(=O)n1nc(-c2ccc(NC(=O)c3ccc(C(C)(C)C)cc3)cc2O)cc1C1CCCC1. The van der Waals surface area contributed by atoms with Crippen LogP contribution < -0.4 is 10.6 Å². The molecule has 2 aromatic carbocycles. The van der Waals surface area contributed by atoms with E-state index in [1.54, 1.807) is 12.1 Å². The number of phenols is 1. The fourth-order valence-electron chi connectivity index (χ4n) is 4.73. The Labute approximate surface area is 219 Å². The van der Waals surface area contributed by atoms with Crippen molar-refractivity contribution in [2.45, 2.75) is 84.1 Å². The van der Waals surface area contributed by atoms with E-state index in [1.165, 1.54) is 10.7 Å². The minimum Gasteiger partial charge on any atom is -0.507 e. The van der Waals surface area contributed by atoms with E-state index < -0.39 is 0 Å². The average molecular weight is 503 g/mol. The summed E-state index contributed by atoms with van der Waals surface area (Å²) >= 11 is 0. The summed E-state index contributed by atoms with van der Waals surface area (Å²) in [7, 11) is 0. The number of nitrogens with one attached hydrogen (secondary N) is 2. The quantitative estimate of drug-likeness (QED) is 0.345. The number of aromatic hydroxyl groups is 1. The van der Waals surface area contributed by atoms with Crippen LogP contribution in [0.3, 0.4) is 0 Å². The van der Waals surface area contributed by atoms with Gasteiger partial charge in [-0.05, 0) is 67.5 Å². The van der Waals surface area contributed by atoms with Crippen LogP contribution in [0.1, 0.15) is 94.3 Å². The molecule has 1 aliphatic rings. The molecule has 196 valence electrons. The van der Waals surface area contributed by atoms with E-state index in [1.807, 2.05) is 44.2 Å². The maximum Gasteiger partial charge on any atom is 0.342 e. The zero-order valence-electron chi connectivity index (χ0n) is 22.5. The highest BCUT2D eigenvalue weighted by Gasteiger charge is 2.26. The number of hydrogen-bond acceptors (Lipinski definition) is 4. The van der Waals surface area contributed by atoms with Crippen molar-refractivity contribution in [1.29, 1.82) is 0 Å². The minimum absolute atomic E-state index is 0.00848. The largest absolute Gasteiger partial charge is 0.507 e. The molecule has 37 heavy (non-hydrogen) atoms. The number of carbonyl (C=O) groups excluding carboxylic acids is 2. The van der Waals surface area contributed by atoms with Crippen LogP contribution in [0.25, 0.3) is 11.3 Å². The van der Waals surface area contributed by atoms with Crippen molar-refractivity contribution in [2.75, 3.05) is 5.32 Å². The molecule has 0 radical (unpaired) electrons. The first kappa shape index (κ1) is 26.5. The van der Waals surface area contributed by atoms with Crippen LogP contribution in [0.15, 0.2) is 48.5 Å². The van der Waals surface area contributed by atoms with Gasteiger partial charge in [0.2, 0.25) is 0 Å². The van der Waals surface area contributed by atoms with E-state index in [9.17, 15) is 14.7 Å². The summed E-state index contributed by atoms with van der Waals surface area (Å²) in [6, 6.07) is 14.2. The third kappa shape index (κ3) is 6.04. The van der Waals surface area contributed by atoms with Gasteiger partial charge in [0.15, 0.2) is 0 Å². The van der Waals surface area contributed by atoms with Crippen LogP contribution in [-0.4, -0.2) is 32.9 Å². The molecule has 0 bridgehead atoms. The zero-order valence-corrected chi connectivity index (χ0v) is 22.5. The Morgan fingerprint density at radius 3 is 2.35 bits per heavy atom. The number of carbonyl (C=O) groups is 2. The summed E-state index contributed by atoms with van der Waals surface area (Å²) < 4.78 is 1.47. The molecule has 1 atom stereocenters. The topological polar surface area (TPSA) is 96.3 Å². The molecule has 1 saturated carbocycles. The molecule has 1 heterocycles. The van der Waals surface area contributed by atoms with Gasteiger partial charge in [-0.3, -0.25) is 4.79 Å². The van der Waals surface area contributed by atoms with Crippen LogP contribution in [0.5, 0.6) is 5.75 Å². The molecule has 1 unspecified atom stereocenters. The molecule has 7 heteroatoms. The summed E-state index contributed by atoms with van der Waals surface area (Å²) in [5.41, 5.74) is 4.12. The van der Waals surface area contributed by atoms with Crippen LogP contribution >= 0.6 is 0 Å². The molecule has 0 spiro atoms. The van der Waals surface area contributed by atoms with Crippen LogP contribution in [0, 0.1) is 0 Å². The maximum absolute atomic E-state index is 13.0. The predicted octanol–water partition coefficient (Wildman–Crippen LogP) is 6.82. The number of hydrogen-bond donors (Lipinski definition) is 3. The van der Waals surface area contributed by atoms with Gasteiger partial charge in [0.25, 0.3) is 5.91 Å². The Balaban J connectivity index is 1.56. The number of aromatic nitrogens is 2. The van der Waals surface area contributed by atoms with Gasteiger partial charge in [-0.2, -0.15) is 9.78 Å². The highest BCUT2D eigenvalue weighted by molar-refractivity contribution is 6.04. The fraction of sp³-hybridized carbons (Fsp3) is 0.433. The smallest absolute Gasteiger partial charge is 0.342 e. The number of benzene rings is 2. The fourth-order valence-corrected chi connectivity index (χ4v) is 4.73. The lowest BCUT2D eigenvalue weighted by molar-refractivity contribution is 0.102. The van der Waals surface area contributed by atoms with Crippen molar-refractivity contribution >= 4 is 17.6 Å². The first-order chi connectivity index (χ1) is 17.6. The Hall–Kier alpha value is -3.61. The van der Waals surface area contributed by atoms with Gasteiger partial charge in [-0.1, -0.05) is 52.7 Å². The average Bonchev–Trinajstić information content (AvgIpc) is 3.54. The molecule has 3 N–H and O–H groups in total. The zero-order chi connectivity index (χ0) is 26.7. The van der Waals surface area contributed by atoms with Gasteiger partial charge in [0.1, 0.15) is 5.75 Å². The summed E-state index contributed by atoms with van der Waals surface area (Å²) in [6.45, 7) is 10.4. The van der Waals surface area contributed by atoms with Gasteiger partial charge in [-0.15, -0.1) is 0 Å². The summed E-state index contributed by atoms with van der Waals surface area (Å²) in [6.07, 6.45) is 5.14. The van der Waals surface area contributed by atoms with Gasteiger partial charge in [0.05, 0.1) is 11.4 Å². The maximum atomic E-state index is 13.0. The molecule has 0 saturated heterocycles. The van der Waals surface area contributed by atoms with E-state index in [2.05, 4.69) is 36.5 Å². The van der Waals surface area contributed by atoms with Gasteiger partial charge in [0, 0.05) is 34.8 Å². The monoisotopic (exact) mass is 502 g/mol. The van der Waals surface area contributed by atoms with Crippen molar-refractivity contribution in [3.63, 3.8) is 0 Å². The van der Waals surface area contributed by atoms with E-state index in [-0.39, 0.29) is 35.1 Å². The second-order valence-corrected chi connectivity index (χ2v) is 11.1. The molecular weight excluding hydrogens is 464 g/mol. The normalized spacial score (nSPS) is 14.9. The molecule has 7 nitrogen and oxygen atoms in total. The Morgan fingerprint density at radius 2 is 1.76 bits per heavy atom. The van der Waals surface area contributed by atoms with Crippen LogP contribution in [0.2, 0.25) is 0 Å². The third-order valence-corrected chi connectivity index (χ3v) is 7.23. The summed E-state index contributed by atoms with van der Waals surface area (Å²) in [4.78, 5) is 25.8. The lowest BCUT2D eigenvalue weighted by Crippen LogP contribution is -2.37. The Bertz CT molecular complexity index is 1260. The summed E-state index contributed by atoms with van der Waals surface area (Å²) in [5.74, 6) is 0.0160. The second kappa shape index (κ2) is 10.8. The van der Waals surface area contributed by atoms with E-state index in [0.717, 1.165) is 43.4 Å². The molecule has 4 rings (SSSR count). The lowest BCUT2D eigenvalue weighted by atomic mass is 9.87. The first-order valence-electron chi connectivity index (χ1n) is 13.2. The van der Waals surface area contributed by atoms with Crippen LogP contribution in [0.4, 0.5) is 10.5 Å². The number of amides is 2. The summed E-state index contributed by atoms with van der Waals surface area (Å²) in [5, 5.41) is 21.3. The standard InChI is InChI=1S/C30H38N4O3/c1-6-19(2)31-29(37)34-26(20-9-7-8-10-20)18-25(33-34)24-16-15-23(17-27(24)35)32-28(36)21-11-13-22(14-12-21)30(3,4)5/h11-20,35H,6-10H2,1-5H3,(H,31,37)(H,32,36). The lowest BCUT2D eigenvalue weighted by Gasteiger charge is -2.19. The molecule has 1 aromatic heterocycles. The van der Waals surface area contributed by atoms with E-state index in [0.29, 0.717) is 22.5 Å². The van der Waals surface area contributed by atoms with E-state index in [4.69, 9.17) is 0 Å². The van der Waals surface area contributed by atoms with Crippen molar-refractivity contribution in [2.24, 2.45) is 0 Å². The molecule has 1 aliphatic carbocycles. The second-order valence-electron chi connectivity index (χ2n) is 11.1.